The van der Waals surface area contributed by atoms with Crippen LogP contribution >= 0.6 is 11.6 Å². The minimum atomic E-state index is -0.784. The molecule has 0 radical (unpaired) electrons. The second kappa shape index (κ2) is 6.88. The predicted molar refractivity (Wildman–Crippen MR) is 101 cm³/mol. The van der Waals surface area contributed by atoms with Gasteiger partial charge < -0.3 is 10.0 Å². The Labute approximate surface area is 161 Å². The number of rotatable bonds is 4. The number of aliphatic carboxylic acids is 1. The molecular weight excluding hydrogens is 368 g/mol. The molecule has 0 bridgehead atoms. The van der Waals surface area contributed by atoms with Gasteiger partial charge in [-0.2, -0.15) is 5.10 Å². The highest BCUT2D eigenvalue weighted by Gasteiger charge is 2.55. The molecule has 2 amide bonds. The Balaban J connectivity index is 1.44. The van der Waals surface area contributed by atoms with Gasteiger partial charge in [0.1, 0.15) is 5.82 Å². The topological polar surface area (TPSA) is 87.5 Å². The minimum Gasteiger partial charge on any atom is -0.481 e. The van der Waals surface area contributed by atoms with E-state index in [0.29, 0.717) is 30.4 Å². The van der Waals surface area contributed by atoms with Crippen LogP contribution < -0.4 is 5.32 Å². The summed E-state index contributed by atoms with van der Waals surface area (Å²) in [6.45, 7) is 1.26. The van der Waals surface area contributed by atoms with E-state index in [-0.39, 0.29) is 18.5 Å². The van der Waals surface area contributed by atoms with E-state index >= 15 is 0 Å². The van der Waals surface area contributed by atoms with Crippen LogP contribution in [0.5, 0.6) is 0 Å². The third-order valence-corrected chi connectivity index (χ3v) is 6.03. The van der Waals surface area contributed by atoms with Crippen LogP contribution in [0, 0.1) is 11.3 Å². The highest BCUT2D eigenvalue weighted by Crippen LogP contribution is 2.48. The summed E-state index contributed by atoms with van der Waals surface area (Å²) in [5.74, 6) is -0.163. The van der Waals surface area contributed by atoms with Gasteiger partial charge in [0.15, 0.2) is 0 Å². The van der Waals surface area contributed by atoms with E-state index in [1.165, 1.54) is 0 Å². The minimum absolute atomic E-state index is 0.0414. The zero-order valence-corrected chi connectivity index (χ0v) is 15.5. The fourth-order valence-electron chi connectivity index (χ4n) is 4.31. The quantitative estimate of drug-likeness (QED) is 0.841. The molecule has 1 aromatic carbocycles. The van der Waals surface area contributed by atoms with Crippen LogP contribution in [0.15, 0.2) is 36.5 Å². The molecule has 4 rings (SSSR count). The van der Waals surface area contributed by atoms with Crippen molar-refractivity contribution in [3.8, 4) is 0 Å². The van der Waals surface area contributed by atoms with Gasteiger partial charge in [-0.05, 0) is 36.5 Å². The number of nitrogens with zero attached hydrogens (tertiary/aromatic N) is 3. The molecule has 2 heterocycles. The lowest BCUT2D eigenvalue weighted by Crippen LogP contribution is -2.39. The second-order valence-electron chi connectivity index (χ2n) is 7.36. The molecule has 7 nitrogen and oxygen atoms in total. The summed E-state index contributed by atoms with van der Waals surface area (Å²) in [6, 6.07) is 8.90. The molecule has 0 unspecified atom stereocenters. The maximum absolute atomic E-state index is 12.7. The number of carboxylic acid groups (broad SMARTS) is 1. The van der Waals surface area contributed by atoms with E-state index in [0.717, 1.165) is 18.4 Å². The smallest absolute Gasteiger partial charge is 0.323 e. The first-order valence-corrected chi connectivity index (χ1v) is 9.41. The number of carboxylic acids is 1. The van der Waals surface area contributed by atoms with Gasteiger partial charge in [-0.25, -0.2) is 9.48 Å². The van der Waals surface area contributed by atoms with E-state index in [2.05, 4.69) is 10.4 Å². The summed E-state index contributed by atoms with van der Waals surface area (Å²) < 4.78 is 1.70. The van der Waals surface area contributed by atoms with Crippen molar-refractivity contribution in [2.75, 3.05) is 18.4 Å². The monoisotopic (exact) mass is 388 g/mol. The summed E-state index contributed by atoms with van der Waals surface area (Å²) in [7, 11) is 0. The largest absolute Gasteiger partial charge is 0.481 e. The first-order valence-electron chi connectivity index (χ1n) is 9.03. The number of anilines is 1. The zero-order valence-electron chi connectivity index (χ0n) is 14.8. The van der Waals surface area contributed by atoms with Gasteiger partial charge in [-0.1, -0.05) is 30.2 Å². The van der Waals surface area contributed by atoms with E-state index in [9.17, 15) is 14.7 Å². The molecule has 2 aromatic rings. The zero-order chi connectivity index (χ0) is 19.0. The van der Waals surface area contributed by atoms with Gasteiger partial charge in [-0.15, -0.1) is 0 Å². The molecule has 2 N–H and O–H groups in total. The van der Waals surface area contributed by atoms with Gasteiger partial charge in [0, 0.05) is 24.2 Å². The summed E-state index contributed by atoms with van der Waals surface area (Å²) >= 11 is 5.91. The molecule has 2 atom stereocenters. The Hall–Kier alpha value is -2.54. The molecular formula is C19H21ClN4O3. The van der Waals surface area contributed by atoms with Crippen LogP contribution in [-0.4, -0.2) is 44.9 Å². The van der Waals surface area contributed by atoms with Crippen LogP contribution in [0.4, 0.5) is 10.6 Å². The van der Waals surface area contributed by atoms with Crippen molar-refractivity contribution in [3.63, 3.8) is 0 Å². The lowest BCUT2D eigenvalue weighted by molar-refractivity contribution is -0.149. The number of carbonyl (C=O) groups excluding carboxylic acids is 1. The molecule has 1 saturated carbocycles. The highest BCUT2D eigenvalue weighted by molar-refractivity contribution is 6.30. The van der Waals surface area contributed by atoms with Crippen molar-refractivity contribution in [2.45, 2.75) is 25.8 Å². The number of hydrogen-bond acceptors (Lipinski definition) is 3. The third kappa shape index (κ3) is 3.27. The summed E-state index contributed by atoms with van der Waals surface area (Å²) in [5.41, 5.74) is 0.236. The number of fused-ring (bicyclic) bond motifs is 1. The van der Waals surface area contributed by atoms with Crippen molar-refractivity contribution in [1.29, 1.82) is 0 Å². The summed E-state index contributed by atoms with van der Waals surface area (Å²) in [4.78, 5) is 26.1. The van der Waals surface area contributed by atoms with Crippen LogP contribution in [0.25, 0.3) is 0 Å². The summed E-state index contributed by atoms with van der Waals surface area (Å²) in [6.07, 6.45) is 4.05. The van der Waals surface area contributed by atoms with Crippen LogP contribution in [0.2, 0.25) is 5.02 Å². The molecule has 2 fully saturated rings. The highest BCUT2D eigenvalue weighted by atomic mass is 35.5. The number of amides is 2. The Morgan fingerprint density at radius 2 is 2.07 bits per heavy atom. The molecule has 1 saturated heterocycles. The number of hydrogen-bond donors (Lipinski definition) is 2. The number of halogens is 1. The van der Waals surface area contributed by atoms with Gasteiger partial charge in [0.2, 0.25) is 0 Å². The van der Waals surface area contributed by atoms with Gasteiger partial charge in [0.05, 0.1) is 18.2 Å². The van der Waals surface area contributed by atoms with Gasteiger partial charge in [0.25, 0.3) is 0 Å². The van der Waals surface area contributed by atoms with Crippen molar-refractivity contribution >= 4 is 29.4 Å². The van der Waals surface area contributed by atoms with Crippen molar-refractivity contribution in [3.05, 3.63) is 47.1 Å². The number of carbonyl (C=O) groups is 2. The lowest BCUT2D eigenvalue weighted by atomic mass is 9.81. The maximum atomic E-state index is 12.7. The fourth-order valence-corrected chi connectivity index (χ4v) is 4.44. The summed E-state index contributed by atoms with van der Waals surface area (Å²) in [5, 5.41) is 17.5. The number of likely N-dealkylation sites (tertiary alicyclic amines) is 1. The Kier molecular flexibility index (Phi) is 4.55. The van der Waals surface area contributed by atoms with Crippen molar-refractivity contribution < 1.29 is 14.7 Å². The van der Waals surface area contributed by atoms with Crippen molar-refractivity contribution in [2.24, 2.45) is 11.3 Å². The molecule has 1 aliphatic carbocycles. The predicted octanol–water partition coefficient (Wildman–Crippen LogP) is 3.30. The molecule has 27 heavy (non-hydrogen) atoms. The average molecular weight is 389 g/mol. The standard InChI is InChI=1S/C19H21ClN4O3/c20-15-5-3-13(4-6-15)10-24-16(7-9-21-24)22-18(27)23-11-14-2-1-8-19(14,12-23)17(25)26/h3-7,9,14H,1-2,8,10-12H2,(H,22,27)(H,25,26)/t14-,19+/m0/s1. The maximum Gasteiger partial charge on any atom is 0.323 e. The second-order valence-corrected chi connectivity index (χ2v) is 7.80. The van der Waals surface area contributed by atoms with E-state index in [1.54, 1.807) is 21.8 Å². The SMILES string of the molecule is O=C(Nc1ccnn1Cc1ccc(Cl)cc1)N1C[C@@H]2CCC[C@@]2(C(=O)O)C1. The van der Waals surface area contributed by atoms with Crippen molar-refractivity contribution in [1.82, 2.24) is 14.7 Å². The van der Waals surface area contributed by atoms with Gasteiger partial charge in [-0.3, -0.25) is 10.1 Å². The Bertz CT molecular complexity index is 866. The Morgan fingerprint density at radius 1 is 1.30 bits per heavy atom. The van der Waals surface area contributed by atoms with E-state index in [4.69, 9.17) is 11.6 Å². The first kappa shape index (κ1) is 17.9. The molecule has 142 valence electrons. The van der Waals surface area contributed by atoms with Crippen LogP contribution in [0.1, 0.15) is 24.8 Å². The number of urea groups is 1. The van der Waals surface area contributed by atoms with Gasteiger partial charge >= 0.3 is 12.0 Å². The van der Waals surface area contributed by atoms with E-state index < -0.39 is 11.4 Å². The molecule has 8 heteroatoms. The third-order valence-electron chi connectivity index (χ3n) is 5.78. The van der Waals surface area contributed by atoms with E-state index in [1.807, 2.05) is 24.3 Å². The number of aromatic nitrogens is 2. The normalized spacial score (nSPS) is 24.0. The fraction of sp³-hybridized carbons (Fsp3) is 0.421. The number of nitrogens with one attached hydrogen (secondary N) is 1. The van der Waals surface area contributed by atoms with Crippen LogP contribution in [-0.2, 0) is 11.3 Å². The lowest BCUT2D eigenvalue weighted by Gasteiger charge is -2.23. The average Bonchev–Trinajstić information content (AvgIpc) is 3.31. The molecule has 1 aliphatic heterocycles. The number of benzene rings is 1. The molecule has 0 spiro atoms. The molecule has 1 aromatic heterocycles. The van der Waals surface area contributed by atoms with Crippen LogP contribution in [0.3, 0.4) is 0 Å². The first-order chi connectivity index (χ1) is 13.0. The molecule has 2 aliphatic rings. The Morgan fingerprint density at radius 3 is 2.78 bits per heavy atom.